The number of ether oxygens (including phenoxy) is 1. The number of likely N-dealkylation sites (tertiary alicyclic amines) is 1. The first-order valence-corrected chi connectivity index (χ1v) is 9.47. The Morgan fingerprint density at radius 1 is 1.38 bits per heavy atom. The molecule has 26 heavy (non-hydrogen) atoms. The van der Waals surface area contributed by atoms with Crippen molar-refractivity contribution >= 4 is 22.9 Å². The third-order valence-electron chi connectivity index (χ3n) is 4.96. The lowest BCUT2D eigenvalue weighted by molar-refractivity contribution is 0.0526. The van der Waals surface area contributed by atoms with Crippen LogP contribution < -0.4 is 5.32 Å². The van der Waals surface area contributed by atoms with Crippen molar-refractivity contribution < 1.29 is 13.9 Å². The van der Waals surface area contributed by atoms with Crippen LogP contribution in [0.1, 0.15) is 49.2 Å². The molecule has 3 rings (SSSR count). The van der Waals surface area contributed by atoms with Gasteiger partial charge in [-0.25, -0.2) is 14.8 Å². The predicted octanol–water partition coefficient (Wildman–Crippen LogP) is 3.24. The predicted molar refractivity (Wildman–Crippen MR) is 100 cm³/mol. The van der Waals surface area contributed by atoms with Gasteiger partial charge in [-0.15, -0.1) is 0 Å². The fraction of sp³-hybridized carbons (Fsp3) is 0.632. The highest BCUT2D eigenvalue weighted by Gasteiger charge is 2.23. The van der Waals surface area contributed by atoms with Gasteiger partial charge in [-0.05, 0) is 58.7 Å². The Bertz CT molecular complexity index is 751. The van der Waals surface area contributed by atoms with Crippen molar-refractivity contribution in [3.05, 3.63) is 17.7 Å². The molecule has 0 unspecified atom stereocenters. The molecule has 7 nitrogen and oxygen atoms in total. The second-order valence-electron chi connectivity index (χ2n) is 6.96. The van der Waals surface area contributed by atoms with Gasteiger partial charge in [0.05, 0.1) is 12.0 Å². The van der Waals surface area contributed by atoms with Crippen molar-refractivity contribution in [2.75, 3.05) is 38.1 Å². The largest absolute Gasteiger partial charge is 0.462 e. The number of furan rings is 1. The van der Waals surface area contributed by atoms with E-state index in [4.69, 9.17) is 9.15 Å². The lowest BCUT2D eigenvalue weighted by Gasteiger charge is -2.30. The number of hydrogen-bond donors (Lipinski definition) is 1. The fourth-order valence-corrected chi connectivity index (χ4v) is 3.42. The summed E-state index contributed by atoms with van der Waals surface area (Å²) in [6, 6.07) is 0. The molecule has 2 aromatic rings. The Morgan fingerprint density at radius 3 is 2.88 bits per heavy atom. The molecule has 0 atom stereocenters. The number of anilines is 1. The number of aryl methyl sites for hydroxylation is 1. The van der Waals surface area contributed by atoms with Crippen LogP contribution in [-0.2, 0) is 4.74 Å². The van der Waals surface area contributed by atoms with Crippen molar-refractivity contribution in [2.24, 2.45) is 5.92 Å². The third-order valence-corrected chi connectivity index (χ3v) is 4.96. The first-order valence-electron chi connectivity index (χ1n) is 9.47. The molecule has 0 spiro atoms. The minimum Gasteiger partial charge on any atom is -0.462 e. The van der Waals surface area contributed by atoms with E-state index in [0.29, 0.717) is 34.8 Å². The summed E-state index contributed by atoms with van der Waals surface area (Å²) in [5, 5.41) is 3.95. The maximum atomic E-state index is 12.3. The van der Waals surface area contributed by atoms with Crippen LogP contribution in [0.2, 0.25) is 0 Å². The third kappa shape index (κ3) is 4.15. The number of piperidine rings is 1. The van der Waals surface area contributed by atoms with E-state index in [9.17, 15) is 4.79 Å². The van der Waals surface area contributed by atoms with E-state index in [2.05, 4.69) is 27.1 Å². The second kappa shape index (κ2) is 8.49. The van der Waals surface area contributed by atoms with E-state index in [1.165, 1.54) is 32.3 Å². The molecule has 0 amide bonds. The molecule has 1 aliphatic heterocycles. The summed E-state index contributed by atoms with van der Waals surface area (Å²) >= 11 is 0. The van der Waals surface area contributed by atoms with Crippen molar-refractivity contribution in [3.8, 4) is 0 Å². The highest BCUT2D eigenvalue weighted by atomic mass is 16.5. The van der Waals surface area contributed by atoms with Crippen molar-refractivity contribution in [2.45, 2.75) is 40.0 Å². The summed E-state index contributed by atoms with van der Waals surface area (Å²) in [5.41, 5.74) is 0.822. The lowest BCUT2D eigenvalue weighted by atomic mass is 9.99. The molecular formula is C19H28N4O3. The molecule has 0 saturated carbocycles. The number of fused-ring (bicyclic) bond motifs is 1. The zero-order valence-electron chi connectivity index (χ0n) is 15.9. The van der Waals surface area contributed by atoms with Crippen LogP contribution in [0.15, 0.2) is 10.7 Å². The monoisotopic (exact) mass is 360 g/mol. The summed E-state index contributed by atoms with van der Waals surface area (Å²) in [6.07, 6.45) is 5.05. The number of esters is 1. The van der Waals surface area contributed by atoms with Gasteiger partial charge >= 0.3 is 5.97 Å². The number of nitrogens with zero attached hydrogens (tertiary/aromatic N) is 3. The molecular weight excluding hydrogens is 332 g/mol. The molecule has 0 bridgehead atoms. The molecule has 3 heterocycles. The van der Waals surface area contributed by atoms with Crippen LogP contribution in [0.25, 0.3) is 11.1 Å². The lowest BCUT2D eigenvalue weighted by Crippen LogP contribution is -2.34. The van der Waals surface area contributed by atoms with Crippen LogP contribution in [0, 0.1) is 12.8 Å². The molecule has 1 N–H and O–H groups in total. The van der Waals surface area contributed by atoms with E-state index in [1.54, 1.807) is 13.8 Å². The van der Waals surface area contributed by atoms with Gasteiger partial charge in [-0.2, -0.15) is 0 Å². The number of rotatable bonds is 7. The van der Waals surface area contributed by atoms with Crippen molar-refractivity contribution in [1.82, 2.24) is 14.9 Å². The summed E-state index contributed by atoms with van der Waals surface area (Å²) in [7, 11) is 0. The SMILES string of the molecule is CCOC(=O)c1c(C)oc2ncnc(NCCCN3CCC(C)CC3)c12. The summed E-state index contributed by atoms with van der Waals surface area (Å²) in [5.74, 6) is 1.58. The van der Waals surface area contributed by atoms with Gasteiger partial charge in [0, 0.05) is 6.54 Å². The Labute approximate surface area is 154 Å². The minimum absolute atomic E-state index is 0.315. The molecule has 0 aromatic carbocycles. The van der Waals surface area contributed by atoms with Gasteiger partial charge in [-0.3, -0.25) is 0 Å². The number of carbonyl (C=O) groups is 1. The second-order valence-corrected chi connectivity index (χ2v) is 6.96. The highest BCUT2D eigenvalue weighted by Crippen LogP contribution is 2.29. The summed E-state index contributed by atoms with van der Waals surface area (Å²) < 4.78 is 10.8. The Balaban J connectivity index is 1.65. The Morgan fingerprint density at radius 2 is 2.15 bits per heavy atom. The number of hydrogen-bond acceptors (Lipinski definition) is 7. The Kier molecular flexibility index (Phi) is 6.08. The first-order chi connectivity index (χ1) is 12.6. The van der Waals surface area contributed by atoms with Crippen molar-refractivity contribution in [3.63, 3.8) is 0 Å². The molecule has 142 valence electrons. The molecule has 1 fully saturated rings. The number of carbonyl (C=O) groups excluding carboxylic acids is 1. The zero-order valence-corrected chi connectivity index (χ0v) is 15.9. The van der Waals surface area contributed by atoms with Crippen LogP contribution in [0.3, 0.4) is 0 Å². The molecule has 1 saturated heterocycles. The maximum Gasteiger partial charge on any atom is 0.342 e. The first kappa shape index (κ1) is 18.6. The van der Waals surface area contributed by atoms with Gasteiger partial charge in [0.15, 0.2) is 0 Å². The average Bonchev–Trinajstić information content (AvgIpc) is 2.97. The minimum atomic E-state index is -0.399. The van der Waals surface area contributed by atoms with Crippen LogP contribution in [0.4, 0.5) is 5.82 Å². The van der Waals surface area contributed by atoms with E-state index in [1.807, 2.05) is 0 Å². The quantitative estimate of drug-likeness (QED) is 0.599. The highest BCUT2D eigenvalue weighted by molar-refractivity contribution is 6.07. The van der Waals surface area contributed by atoms with E-state index >= 15 is 0 Å². The molecule has 1 aliphatic rings. The van der Waals surface area contributed by atoms with E-state index in [0.717, 1.165) is 25.4 Å². The normalized spacial score (nSPS) is 16.1. The van der Waals surface area contributed by atoms with Crippen LogP contribution >= 0.6 is 0 Å². The zero-order chi connectivity index (χ0) is 18.5. The van der Waals surface area contributed by atoms with Crippen LogP contribution in [0.5, 0.6) is 0 Å². The van der Waals surface area contributed by atoms with Gasteiger partial charge in [0.1, 0.15) is 23.5 Å². The molecule has 0 aliphatic carbocycles. The van der Waals surface area contributed by atoms with E-state index < -0.39 is 5.97 Å². The number of aromatic nitrogens is 2. The maximum absolute atomic E-state index is 12.3. The van der Waals surface area contributed by atoms with E-state index in [-0.39, 0.29) is 0 Å². The topological polar surface area (TPSA) is 80.5 Å². The molecule has 7 heteroatoms. The fourth-order valence-electron chi connectivity index (χ4n) is 3.42. The smallest absolute Gasteiger partial charge is 0.342 e. The molecule has 0 radical (unpaired) electrons. The standard InChI is InChI=1S/C19H28N4O3/c1-4-25-19(24)15-14(3)26-18-16(15)17(21-12-22-18)20-8-5-9-23-10-6-13(2)7-11-23/h12-13H,4-11H2,1-3H3,(H,20,21,22). The van der Waals surface area contributed by atoms with Gasteiger partial charge in [0.25, 0.3) is 0 Å². The van der Waals surface area contributed by atoms with Gasteiger partial charge in [0.2, 0.25) is 5.71 Å². The van der Waals surface area contributed by atoms with Gasteiger partial charge < -0.3 is 19.4 Å². The van der Waals surface area contributed by atoms with Crippen LogP contribution in [-0.4, -0.2) is 53.6 Å². The average molecular weight is 360 g/mol. The summed E-state index contributed by atoms with van der Waals surface area (Å²) in [6.45, 7) is 10.4. The van der Waals surface area contributed by atoms with Crippen molar-refractivity contribution in [1.29, 1.82) is 0 Å². The Hall–Kier alpha value is -2.15. The van der Waals surface area contributed by atoms with Gasteiger partial charge in [-0.1, -0.05) is 6.92 Å². The number of nitrogens with one attached hydrogen (secondary N) is 1. The molecule has 2 aromatic heterocycles. The summed E-state index contributed by atoms with van der Waals surface area (Å²) in [4.78, 5) is 23.3.